The van der Waals surface area contributed by atoms with Gasteiger partial charge in [-0.1, -0.05) is 18.1 Å². The zero-order valence-electron chi connectivity index (χ0n) is 12.7. The number of amides is 1. The zero-order chi connectivity index (χ0) is 14.8. The van der Waals surface area contributed by atoms with Crippen molar-refractivity contribution in [2.45, 2.75) is 38.6 Å². The molecule has 0 bridgehead atoms. The number of aromatic hydroxyl groups is 1. The lowest BCUT2D eigenvalue weighted by atomic mass is 10.1. The minimum absolute atomic E-state index is 0.0318. The summed E-state index contributed by atoms with van der Waals surface area (Å²) in [7, 11) is 0. The van der Waals surface area contributed by atoms with Gasteiger partial charge in [0.15, 0.2) is 0 Å². The molecular weight excluding hydrogens is 264 g/mol. The first-order valence-corrected chi connectivity index (χ1v) is 7.98. The summed E-state index contributed by atoms with van der Waals surface area (Å²) >= 11 is 0. The van der Waals surface area contributed by atoms with Crippen molar-refractivity contribution < 1.29 is 9.90 Å². The van der Waals surface area contributed by atoms with Crippen LogP contribution >= 0.6 is 0 Å². The Bertz CT molecular complexity index is 524. The fourth-order valence-corrected chi connectivity index (χ4v) is 3.50. The largest absolute Gasteiger partial charge is 0.507 e. The third-order valence-corrected chi connectivity index (χ3v) is 4.74. The minimum atomic E-state index is -0.0318. The van der Waals surface area contributed by atoms with E-state index in [1.807, 2.05) is 17.9 Å². The summed E-state index contributed by atoms with van der Waals surface area (Å²) in [6, 6.07) is 5.72. The predicted octanol–water partition coefficient (Wildman–Crippen LogP) is 2.40. The second-order valence-corrected chi connectivity index (χ2v) is 6.31. The lowest BCUT2D eigenvalue weighted by molar-refractivity contribution is 0.0768. The second-order valence-electron chi connectivity index (χ2n) is 6.31. The Hall–Kier alpha value is -1.55. The molecule has 2 fully saturated rings. The van der Waals surface area contributed by atoms with E-state index in [1.165, 1.54) is 32.4 Å². The number of carbonyl (C=O) groups excluding carboxylic acids is 1. The zero-order valence-corrected chi connectivity index (χ0v) is 12.7. The first-order valence-electron chi connectivity index (χ1n) is 7.98. The van der Waals surface area contributed by atoms with Gasteiger partial charge in [0.25, 0.3) is 5.91 Å². The van der Waals surface area contributed by atoms with Crippen LogP contribution in [0.5, 0.6) is 5.75 Å². The normalized spacial score (nSPS) is 23.5. The maximum absolute atomic E-state index is 12.6. The number of hydrogen-bond acceptors (Lipinski definition) is 3. The van der Waals surface area contributed by atoms with E-state index in [0.29, 0.717) is 11.6 Å². The molecule has 4 nitrogen and oxygen atoms in total. The molecule has 1 aromatic rings. The molecule has 1 N–H and O–H groups in total. The van der Waals surface area contributed by atoms with Crippen LogP contribution in [0.1, 0.15) is 41.6 Å². The SMILES string of the molecule is Cc1ccc(O)c(C(=O)N2CCC(N3CCCCC3)C2)c1. The standard InChI is InChI=1S/C17H24N2O2/c1-13-5-6-16(20)15(11-13)17(21)19-10-7-14(12-19)18-8-3-2-4-9-18/h5-6,11,14,20H,2-4,7-10,12H2,1H3. The summed E-state index contributed by atoms with van der Waals surface area (Å²) < 4.78 is 0. The topological polar surface area (TPSA) is 43.8 Å². The number of rotatable bonds is 2. The van der Waals surface area contributed by atoms with Crippen molar-refractivity contribution in [1.82, 2.24) is 9.80 Å². The number of aryl methyl sites for hydroxylation is 1. The van der Waals surface area contributed by atoms with Crippen LogP contribution in [0, 0.1) is 6.92 Å². The molecule has 2 heterocycles. The molecule has 0 aliphatic carbocycles. The van der Waals surface area contributed by atoms with Gasteiger partial charge in [-0.05, 0) is 51.4 Å². The number of phenols is 1. The molecule has 0 aromatic heterocycles. The Morgan fingerprint density at radius 1 is 1.19 bits per heavy atom. The lowest BCUT2D eigenvalue weighted by Crippen LogP contribution is -2.41. The fraction of sp³-hybridized carbons (Fsp3) is 0.588. The molecule has 3 rings (SSSR count). The van der Waals surface area contributed by atoms with Gasteiger partial charge in [0.2, 0.25) is 0 Å². The molecule has 114 valence electrons. The highest BCUT2D eigenvalue weighted by atomic mass is 16.3. The maximum atomic E-state index is 12.6. The second kappa shape index (κ2) is 6.06. The van der Waals surface area contributed by atoms with Gasteiger partial charge < -0.3 is 10.0 Å². The Morgan fingerprint density at radius 2 is 1.95 bits per heavy atom. The van der Waals surface area contributed by atoms with E-state index in [-0.39, 0.29) is 11.7 Å². The molecule has 4 heteroatoms. The molecule has 0 spiro atoms. The van der Waals surface area contributed by atoms with Crippen LogP contribution in [-0.4, -0.2) is 53.0 Å². The Kier molecular flexibility index (Phi) is 4.15. The molecular formula is C17H24N2O2. The van der Waals surface area contributed by atoms with Crippen LogP contribution in [0.25, 0.3) is 0 Å². The average Bonchev–Trinajstić information content (AvgIpc) is 3.00. The Balaban J connectivity index is 1.67. The van der Waals surface area contributed by atoms with E-state index >= 15 is 0 Å². The number of likely N-dealkylation sites (tertiary alicyclic amines) is 2. The molecule has 0 radical (unpaired) electrons. The molecule has 2 aliphatic heterocycles. The number of nitrogens with zero attached hydrogens (tertiary/aromatic N) is 2. The van der Waals surface area contributed by atoms with Gasteiger partial charge >= 0.3 is 0 Å². The first kappa shape index (κ1) is 14.4. The van der Waals surface area contributed by atoms with Crippen LogP contribution in [0.2, 0.25) is 0 Å². The van der Waals surface area contributed by atoms with Crippen LogP contribution in [0.3, 0.4) is 0 Å². The number of piperidine rings is 1. The van der Waals surface area contributed by atoms with Gasteiger partial charge in [-0.2, -0.15) is 0 Å². The van der Waals surface area contributed by atoms with Crippen molar-refractivity contribution in [2.24, 2.45) is 0 Å². The number of benzene rings is 1. The van der Waals surface area contributed by atoms with Gasteiger partial charge in [0.05, 0.1) is 5.56 Å². The van der Waals surface area contributed by atoms with Crippen LogP contribution in [-0.2, 0) is 0 Å². The van der Waals surface area contributed by atoms with Crippen molar-refractivity contribution in [3.63, 3.8) is 0 Å². The fourth-order valence-electron chi connectivity index (χ4n) is 3.50. The van der Waals surface area contributed by atoms with Crippen LogP contribution in [0.4, 0.5) is 0 Å². The van der Waals surface area contributed by atoms with E-state index in [1.54, 1.807) is 12.1 Å². The number of carbonyl (C=O) groups is 1. The summed E-state index contributed by atoms with van der Waals surface area (Å²) in [6.07, 6.45) is 4.95. The monoisotopic (exact) mass is 288 g/mol. The maximum Gasteiger partial charge on any atom is 0.257 e. The van der Waals surface area contributed by atoms with Crippen LogP contribution in [0.15, 0.2) is 18.2 Å². The van der Waals surface area contributed by atoms with E-state index in [0.717, 1.165) is 25.1 Å². The van der Waals surface area contributed by atoms with Crippen molar-refractivity contribution in [3.8, 4) is 5.75 Å². The third-order valence-electron chi connectivity index (χ3n) is 4.74. The highest BCUT2D eigenvalue weighted by molar-refractivity contribution is 5.97. The summed E-state index contributed by atoms with van der Waals surface area (Å²) in [4.78, 5) is 17.0. The predicted molar refractivity (Wildman–Crippen MR) is 82.6 cm³/mol. The molecule has 1 unspecified atom stereocenters. The lowest BCUT2D eigenvalue weighted by Gasteiger charge is -2.32. The molecule has 2 saturated heterocycles. The summed E-state index contributed by atoms with van der Waals surface area (Å²) in [6.45, 7) is 5.88. The van der Waals surface area contributed by atoms with Gasteiger partial charge in [0.1, 0.15) is 5.75 Å². The summed E-state index contributed by atoms with van der Waals surface area (Å²) in [5.74, 6) is 0.0581. The molecule has 1 amide bonds. The number of phenolic OH excluding ortho intramolecular Hbond substituents is 1. The van der Waals surface area contributed by atoms with Gasteiger partial charge in [-0.3, -0.25) is 9.69 Å². The van der Waals surface area contributed by atoms with E-state index in [9.17, 15) is 9.90 Å². The highest BCUT2D eigenvalue weighted by Gasteiger charge is 2.32. The van der Waals surface area contributed by atoms with Crippen molar-refractivity contribution in [2.75, 3.05) is 26.2 Å². The summed E-state index contributed by atoms with van der Waals surface area (Å²) in [5, 5.41) is 9.92. The first-order chi connectivity index (χ1) is 10.1. The van der Waals surface area contributed by atoms with Gasteiger partial charge in [-0.15, -0.1) is 0 Å². The van der Waals surface area contributed by atoms with E-state index < -0.39 is 0 Å². The van der Waals surface area contributed by atoms with Crippen molar-refractivity contribution in [1.29, 1.82) is 0 Å². The van der Waals surface area contributed by atoms with Crippen molar-refractivity contribution >= 4 is 5.91 Å². The number of hydrogen-bond donors (Lipinski definition) is 1. The Labute approximate surface area is 126 Å². The molecule has 2 aliphatic rings. The smallest absolute Gasteiger partial charge is 0.257 e. The average molecular weight is 288 g/mol. The van der Waals surface area contributed by atoms with Gasteiger partial charge in [0, 0.05) is 19.1 Å². The quantitative estimate of drug-likeness (QED) is 0.909. The van der Waals surface area contributed by atoms with Gasteiger partial charge in [-0.25, -0.2) is 0 Å². The van der Waals surface area contributed by atoms with E-state index in [2.05, 4.69) is 4.90 Å². The molecule has 0 saturated carbocycles. The van der Waals surface area contributed by atoms with E-state index in [4.69, 9.17) is 0 Å². The summed E-state index contributed by atoms with van der Waals surface area (Å²) in [5.41, 5.74) is 1.44. The highest BCUT2D eigenvalue weighted by Crippen LogP contribution is 2.25. The van der Waals surface area contributed by atoms with Crippen molar-refractivity contribution in [3.05, 3.63) is 29.3 Å². The molecule has 1 atom stereocenters. The Morgan fingerprint density at radius 3 is 2.71 bits per heavy atom. The van der Waals surface area contributed by atoms with Crippen LogP contribution < -0.4 is 0 Å². The molecule has 1 aromatic carbocycles. The minimum Gasteiger partial charge on any atom is -0.507 e. The molecule has 21 heavy (non-hydrogen) atoms. The third kappa shape index (κ3) is 3.05.